The van der Waals surface area contributed by atoms with Gasteiger partial charge in [-0.3, -0.25) is 4.79 Å². The van der Waals surface area contributed by atoms with Crippen molar-refractivity contribution >= 4 is 56.4 Å². The lowest BCUT2D eigenvalue weighted by Crippen LogP contribution is -2.22. The number of carbonyl (C=O) groups excluding carboxylic acids is 1. The highest BCUT2D eigenvalue weighted by atomic mass is 79.9. The summed E-state index contributed by atoms with van der Waals surface area (Å²) in [7, 11) is 0. The van der Waals surface area contributed by atoms with Crippen LogP contribution in [0.2, 0.25) is 10.0 Å². The van der Waals surface area contributed by atoms with Crippen molar-refractivity contribution in [3.05, 3.63) is 103 Å². The van der Waals surface area contributed by atoms with E-state index in [9.17, 15) is 18.0 Å². The number of benzene rings is 3. The number of thiophene rings is 1. The van der Waals surface area contributed by atoms with Crippen molar-refractivity contribution in [1.29, 1.82) is 0 Å². The molecule has 1 heterocycles. The Kier molecular flexibility index (Phi) is 7.62. The Balaban J connectivity index is 1.66. The van der Waals surface area contributed by atoms with E-state index in [0.717, 1.165) is 48.6 Å². The molecule has 0 radical (unpaired) electrons. The molecule has 4 aromatic rings. The summed E-state index contributed by atoms with van der Waals surface area (Å²) in [4.78, 5) is 14.5. The maximum absolute atomic E-state index is 12.8. The van der Waals surface area contributed by atoms with Crippen LogP contribution in [-0.2, 0) is 12.7 Å². The van der Waals surface area contributed by atoms with E-state index in [2.05, 4.69) is 21.2 Å². The van der Waals surface area contributed by atoms with Crippen LogP contribution in [0.15, 0.2) is 71.2 Å². The Hall–Kier alpha value is -2.32. The lowest BCUT2D eigenvalue weighted by molar-refractivity contribution is -0.137. The van der Waals surface area contributed by atoms with Gasteiger partial charge in [0.2, 0.25) is 0 Å². The summed E-state index contributed by atoms with van der Waals surface area (Å²) in [5.74, 6) is -0.456. The summed E-state index contributed by atoms with van der Waals surface area (Å²) in [6.45, 7) is 2.19. The molecule has 1 aromatic heterocycles. The number of carbonyl (C=O) groups is 1. The Morgan fingerprint density at radius 2 is 1.66 bits per heavy atom. The minimum absolute atomic E-state index is 0.154. The molecule has 0 atom stereocenters. The van der Waals surface area contributed by atoms with E-state index in [4.69, 9.17) is 23.2 Å². The number of rotatable bonds is 5. The SMILES string of the molecule is Cc1c(CNC(=O)c2ccc(C(F)(F)F)cc2)sc(-c2ccc(Cl)cc2Cl)c1-c1ccc(Br)cc1. The highest BCUT2D eigenvalue weighted by Crippen LogP contribution is 2.45. The zero-order valence-electron chi connectivity index (χ0n) is 18.1. The molecule has 35 heavy (non-hydrogen) atoms. The van der Waals surface area contributed by atoms with Gasteiger partial charge in [0, 0.05) is 35.9 Å². The molecule has 0 saturated carbocycles. The van der Waals surface area contributed by atoms with Crippen LogP contribution in [0.4, 0.5) is 13.2 Å². The van der Waals surface area contributed by atoms with Gasteiger partial charge in [-0.1, -0.05) is 57.3 Å². The number of alkyl halides is 3. The van der Waals surface area contributed by atoms with Crippen molar-refractivity contribution < 1.29 is 18.0 Å². The minimum atomic E-state index is -4.45. The van der Waals surface area contributed by atoms with Gasteiger partial charge in [-0.15, -0.1) is 11.3 Å². The van der Waals surface area contributed by atoms with Crippen LogP contribution in [0.1, 0.15) is 26.4 Å². The third-order valence-corrected chi connectivity index (χ3v) is 7.84. The van der Waals surface area contributed by atoms with Gasteiger partial charge in [-0.25, -0.2) is 0 Å². The van der Waals surface area contributed by atoms with E-state index in [1.54, 1.807) is 12.1 Å². The first-order valence-corrected chi connectivity index (χ1v) is 12.7. The molecule has 0 unspecified atom stereocenters. The molecule has 0 aliphatic carbocycles. The van der Waals surface area contributed by atoms with Crippen LogP contribution in [0.5, 0.6) is 0 Å². The molecule has 1 N–H and O–H groups in total. The maximum atomic E-state index is 12.8. The van der Waals surface area contributed by atoms with Crippen LogP contribution in [0, 0.1) is 6.92 Å². The number of hydrogen-bond donors (Lipinski definition) is 1. The summed E-state index contributed by atoms with van der Waals surface area (Å²) >= 11 is 17.6. The first kappa shape index (κ1) is 25.8. The zero-order valence-corrected chi connectivity index (χ0v) is 22.1. The van der Waals surface area contributed by atoms with Crippen molar-refractivity contribution in [2.24, 2.45) is 0 Å². The Morgan fingerprint density at radius 1 is 1.00 bits per heavy atom. The Bertz CT molecular complexity index is 1380. The molecule has 0 bridgehead atoms. The van der Waals surface area contributed by atoms with Gasteiger partial charge in [0.15, 0.2) is 0 Å². The van der Waals surface area contributed by atoms with Gasteiger partial charge in [0.05, 0.1) is 17.1 Å². The second kappa shape index (κ2) is 10.3. The van der Waals surface area contributed by atoms with Gasteiger partial charge in [-0.2, -0.15) is 13.2 Å². The minimum Gasteiger partial charge on any atom is -0.347 e. The van der Waals surface area contributed by atoms with Crippen LogP contribution in [0.25, 0.3) is 21.6 Å². The molecule has 4 rings (SSSR count). The van der Waals surface area contributed by atoms with Crippen molar-refractivity contribution in [3.63, 3.8) is 0 Å². The quantitative estimate of drug-likeness (QED) is 0.243. The number of halogens is 6. The van der Waals surface area contributed by atoms with Crippen molar-refractivity contribution in [3.8, 4) is 21.6 Å². The predicted octanol–water partition coefficient (Wildman–Crippen LogP) is 9.41. The van der Waals surface area contributed by atoms with Crippen molar-refractivity contribution in [1.82, 2.24) is 5.32 Å². The Morgan fingerprint density at radius 3 is 2.26 bits per heavy atom. The van der Waals surface area contributed by atoms with Crippen LogP contribution >= 0.6 is 50.5 Å². The second-order valence-corrected chi connectivity index (χ2v) is 10.6. The standard InChI is InChI=1S/C26H17BrCl2F3NOS/c1-14-22(13-33-25(34)16-2-6-17(7-3-16)26(30,31)32)35-24(20-11-10-19(28)12-21(20)29)23(14)15-4-8-18(27)9-5-15/h2-12H,13H2,1H3,(H,33,34). The first-order valence-electron chi connectivity index (χ1n) is 10.3. The number of amides is 1. The topological polar surface area (TPSA) is 29.1 Å². The van der Waals surface area contributed by atoms with Crippen molar-refractivity contribution in [2.75, 3.05) is 0 Å². The highest BCUT2D eigenvalue weighted by Gasteiger charge is 2.30. The summed E-state index contributed by atoms with van der Waals surface area (Å²) in [6, 6.07) is 17.4. The summed E-state index contributed by atoms with van der Waals surface area (Å²) in [5, 5.41) is 3.86. The maximum Gasteiger partial charge on any atom is 0.416 e. The molecular weight excluding hydrogens is 582 g/mol. The van der Waals surface area contributed by atoms with Crippen LogP contribution < -0.4 is 5.32 Å². The third kappa shape index (κ3) is 5.75. The molecule has 2 nitrogen and oxygen atoms in total. The average Bonchev–Trinajstić information content (AvgIpc) is 3.13. The van der Waals surface area contributed by atoms with E-state index >= 15 is 0 Å². The lowest BCUT2D eigenvalue weighted by Gasteiger charge is -2.09. The second-order valence-electron chi connectivity index (χ2n) is 7.74. The molecule has 0 saturated heterocycles. The van der Waals surface area contributed by atoms with E-state index in [-0.39, 0.29) is 12.1 Å². The molecule has 0 aliphatic rings. The van der Waals surface area contributed by atoms with Crippen LogP contribution in [0.3, 0.4) is 0 Å². The van der Waals surface area contributed by atoms with E-state index in [1.807, 2.05) is 37.3 Å². The first-order chi connectivity index (χ1) is 16.5. The highest BCUT2D eigenvalue weighted by molar-refractivity contribution is 9.10. The largest absolute Gasteiger partial charge is 0.416 e. The van der Waals surface area contributed by atoms with E-state index in [0.29, 0.717) is 10.0 Å². The van der Waals surface area contributed by atoms with E-state index < -0.39 is 17.6 Å². The Labute approximate surface area is 222 Å². The molecule has 1 amide bonds. The summed E-state index contributed by atoms with van der Waals surface area (Å²) in [5.41, 5.74) is 3.13. The van der Waals surface area contributed by atoms with Crippen LogP contribution in [-0.4, -0.2) is 5.91 Å². The fourth-order valence-corrected chi connectivity index (χ4v) is 5.76. The molecular formula is C26H17BrCl2F3NOS. The molecule has 0 spiro atoms. The van der Waals surface area contributed by atoms with E-state index in [1.165, 1.54) is 23.5 Å². The van der Waals surface area contributed by atoms with Gasteiger partial charge < -0.3 is 5.32 Å². The molecule has 3 aromatic carbocycles. The zero-order chi connectivity index (χ0) is 25.3. The average molecular weight is 599 g/mol. The summed E-state index contributed by atoms with van der Waals surface area (Å²) < 4.78 is 39.4. The fourth-order valence-electron chi connectivity index (χ4n) is 3.63. The molecule has 0 fully saturated rings. The summed E-state index contributed by atoms with van der Waals surface area (Å²) in [6.07, 6.45) is -4.45. The number of hydrogen-bond acceptors (Lipinski definition) is 2. The van der Waals surface area contributed by atoms with Crippen molar-refractivity contribution in [2.45, 2.75) is 19.6 Å². The normalized spacial score (nSPS) is 11.5. The monoisotopic (exact) mass is 597 g/mol. The lowest BCUT2D eigenvalue weighted by atomic mass is 9.98. The van der Waals surface area contributed by atoms with Gasteiger partial charge >= 0.3 is 6.18 Å². The van der Waals surface area contributed by atoms with Gasteiger partial charge in [-0.05, 0) is 66.6 Å². The van der Waals surface area contributed by atoms with Gasteiger partial charge in [0.1, 0.15) is 0 Å². The molecule has 0 aliphatic heterocycles. The predicted molar refractivity (Wildman–Crippen MR) is 140 cm³/mol. The van der Waals surface area contributed by atoms with Gasteiger partial charge in [0.25, 0.3) is 5.91 Å². The third-order valence-electron chi connectivity index (χ3n) is 5.44. The molecule has 9 heteroatoms. The fraction of sp³-hybridized carbons (Fsp3) is 0.115. The smallest absolute Gasteiger partial charge is 0.347 e. The molecule has 180 valence electrons. The number of nitrogens with one attached hydrogen (secondary N) is 1.